The lowest BCUT2D eigenvalue weighted by Gasteiger charge is -2.32. The van der Waals surface area contributed by atoms with Crippen LogP contribution in [0, 0.1) is 5.82 Å². The molecule has 0 atom stereocenters. The van der Waals surface area contributed by atoms with Crippen LogP contribution in [0.15, 0.2) is 47.6 Å². The van der Waals surface area contributed by atoms with E-state index >= 15 is 0 Å². The number of amides is 2. The van der Waals surface area contributed by atoms with Gasteiger partial charge in [-0.1, -0.05) is 0 Å². The minimum Gasteiger partial charge on any atom is -0.338 e. The van der Waals surface area contributed by atoms with Gasteiger partial charge < -0.3 is 15.5 Å². The molecular formula is C22H26FN5O3S. The van der Waals surface area contributed by atoms with E-state index in [9.17, 15) is 17.6 Å². The molecule has 1 aliphatic rings. The fourth-order valence-corrected chi connectivity index (χ4v) is 4.74. The molecule has 0 bridgehead atoms. The number of sulfone groups is 1. The Morgan fingerprint density at radius 1 is 1.22 bits per heavy atom. The van der Waals surface area contributed by atoms with Crippen LogP contribution in [0.1, 0.15) is 31.2 Å². The Morgan fingerprint density at radius 2 is 1.97 bits per heavy atom. The number of benzene rings is 1. The van der Waals surface area contributed by atoms with E-state index in [1.165, 1.54) is 17.7 Å². The third kappa shape index (κ3) is 4.40. The van der Waals surface area contributed by atoms with E-state index < -0.39 is 15.7 Å². The molecule has 3 heterocycles. The highest BCUT2D eigenvalue weighted by molar-refractivity contribution is 7.90. The smallest absolute Gasteiger partial charge is 0.317 e. The van der Waals surface area contributed by atoms with Gasteiger partial charge in [-0.2, -0.15) is 0 Å². The first kappa shape index (κ1) is 22.1. The van der Waals surface area contributed by atoms with Crippen molar-refractivity contribution in [1.82, 2.24) is 19.6 Å². The molecule has 10 heteroatoms. The number of likely N-dealkylation sites (tertiary alicyclic amines) is 1. The maximum absolute atomic E-state index is 14.5. The van der Waals surface area contributed by atoms with Gasteiger partial charge in [0.05, 0.1) is 16.1 Å². The molecule has 1 saturated heterocycles. The predicted octanol–water partition coefficient (Wildman–Crippen LogP) is 3.53. The molecule has 2 N–H and O–H groups in total. The van der Waals surface area contributed by atoms with Gasteiger partial charge in [0.25, 0.3) is 0 Å². The maximum Gasteiger partial charge on any atom is 0.317 e. The molecule has 2 amide bonds. The molecule has 8 nitrogen and oxygen atoms in total. The van der Waals surface area contributed by atoms with E-state index in [2.05, 4.69) is 15.6 Å². The fraction of sp³-hybridized carbons (Fsp3) is 0.364. The van der Waals surface area contributed by atoms with Crippen LogP contribution < -0.4 is 10.6 Å². The highest BCUT2D eigenvalue weighted by Crippen LogP contribution is 2.33. The summed E-state index contributed by atoms with van der Waals surface area (Å²) in [6, 6.07) is 7.70. The van der Waals surface area contributed by atoms with Gasteiger partial charge in [-0.15, -0.1) is 0 Å². The van der Waals surface area contributed by atoms with Gasteiger partial charge in [0.1, 0.15) is 5.82 Å². The normalized spacial score (nSPS) is 15.2. The third-order valence-electron chi connectivity index (χ3n) is 5.78. The highest BCUT2D eigenvalue weighted by atomic mass is 32.2. The minimum atomic E-state index is -3.49. The van der Waals surface area contributed by atoms with Crippen molar-refractivity contribution in [3.8, 4) is 0 Å². The number of fused-ring (bicyclic) bond motifs is 1. The number of carbonyl (C=O) groups excluding carboxylic acids is 1. The van der Waals surface area contributed by atoms with Crippen LogP contribution in [0.3, 0.4) is 0 Å². The number of halogens is 1. The second-order valence-electron chi connectivity index (χ2n) is 7.93. The van der Waals surface area contributed by atoms with Crippen molar-refractivity contribution in [1.29, 1.82) is 0 Å². The summed E-state index contributed by atoms with van der Waals surface area (Å²) < 4.78 is 39.7. The van der Waals surface area contributed by atoms with Gasteiger partial charge >= 0.3 is 6.03 Å². The number of rotatable bonds is 5. The Bertz CT molecular complexity index is 1250. The average molecular weight is 460 g/mol. The number of anilines is 2. The monoisotopic (exact) mass is 459 g/mol. The summed E-state index contributed by atoms with van der Waals surface area (Å²) >= 11 is 0. The SMILES string of the molecule is CCNC(=O)N1CCC(c2ccn3c(Nc4ccc(S(C)(=O)=O)cc4F)nccc23)CC1. The van der Waals surface area contributed by atoms with Crippen LogP contribution in [-0.4, -0.2) is 54.6 Å². The topological polar surface area (TPSA) is 95.8 Å². The summed E-state index contributed by atoms with van der Waals surface area (Å²) in [6.45, 7) is 3.91. The average Bonchev–Trinajstić information content (AvgIpc) is 3.20. The first-order chi connectivity index (χ1) is 15.3. The van der Waals surface area contributed by atoms with Gasteiger partial charge in [0.15, 0.2) is 9.84 Å². The van der Waals surface area contributed by atoms with Crippen molar-refractivity contribution in [2.45, 2.75) is 30.6 Å². The number of nitrogens with zero attached hydrogens (tertiary/aromatic N) is 3. The number of urea groups is 1. The quantitative estimate of drug-likeness (QED) is 0.609. The first-order valence-electron chi connectivity index (χ1n) is 10.5. The molecule has 1 aliphatic heterocycles. The Kier molecular flexibility index (Phi) is 6.05. The molecule has 0 saturated carbocycles. The molecule has 0 aliphatic carbocycles. The molecular weight excluding hydrogens is 433 g/mol. The van der Waals surface area contributed by atoms with Crippen LogP contribution in [0.2, 0.25) is 0 Å². The second-order valence-corrected chi connectivity index (χ2v) is 9.95. The third-order valence-corrected chi connectivity index (χ3v) is 6.89. The second kappa shape index (κ2) is 8.78. The Balaban J connectivity index is 1.55. The van der Waals surface area contributed by atoms with E-state index in [1.807, 2.05) is 34.6 Å². The fourth-order valence-electron chi connectivity index (χ4n) is 4.10. The first-order valence-corrected chi connectivity index (χ1v) is 12.4. The van der Waals surface area contributed by atoms with Gasteiger partial charge in [-0.25, -0.2) is 22.6 Å². The van der Waals surface area contributed by atoms with Crippen LogP contribution >= 0.6 is 0 Å². The number of hydrogen-bond acceptors (Lipinski definition) is 5. The van der Waals surface area contributed by atoms with E-state index in [0.717, 1.165) is 30.7 Å². The van der Waals surface area contributed by atoms with Gasteiger partial charge in [0.2, 0.25) is 5.95 Å². The number of carbonyl (C=O) groups is 1. The minimum absolute atomic E-state index is 0.0210. The molecule has 32 heavy (non-hydrogen) atoms. The lowest BCUT2D eigenvalue weighted by molar-refractivity contribution is 0.182. The number of hydrogen-bond donors (Lipinski definition) is 2. The molecule has 3 aromatic rings. The zero-order valence-electron chi connectivity index (χ0n) is 18.0. The Labute approximate surface area is 186 Å². The Hall–Kier alpha value is -3.14. The number of aromatic nitrogens is 2. The van der Waals surface area contributed by atoms with E-state index in [0.29, 0.717) is 31.5 Å². The molecule has 0 unspecified atom stereocenters. The molecule has 0 spiro atoms. The summed E-state index contributed by atoms with van der Waals surface area (Å²) in [5, 5.41) is 5.81. The van der Waals surface area contributed by atoms with Crippen LogP contribution in [0.4, 0.5) is 20.8 Å². The van der Waals surface area contributed by atoms with Crippen molar-refractivity contribution in [3.63, 3.8) is 0 Å². The van der Waals surface area contributed by atoms with Crippen molar-refractivity contribution in [2.75, 3.05) is 31.2 Å². The summed E-state index contributed by atoms with van der Waals surface area (Å²) in [4.78, 5) is 18.2. The summed E-state index contributed by atoms with van der Waals surface area (Å²) in [7, 11) is -3.49. The maximum atomic E-state index is 14.5. The summed E-state index contributed by atoms with van der Waals surface area (Å²) in [5.74, 6) is 0.0723. The zero-order valence-corrected chi connectivity index (χ0v) is 18.8. The van der Waals surface area contributed by atoms with Crippen molar-refractivity contribution < 1.29 is 17.6 Å². The molecule has 2 aromatic heterocycles. The number of piperidine rings is 1. The van der Waals surface area contributed by atoms with Gasteiger partial charge in [-0.05, 0) is 61.6 Å². The Morgan fingerprint density at radius 3 is 2.62 bits per heavy atom. The van der Waals surface area contributed by atoms with Gasteiger partial charge in [-0.3, -0.25) is 4.40 Å². The largest absolute Gasteiger partial charge is 0.338 e. The van der Waals surface area contributed by atoms with Gasteiger partial charge in [0, 0.05) is 38.3 Å². The molecule has 1 fully saturated rings. The highest BCUT2D eigenvalue weighted by Gasteiger charge is 2.25. The lowest BCUT2D eigenvalue weighted by atomic mass is 9.90. The van der Waals surface area contributed by atoms with E-state index in [1.54, 1.807) is 6.20 Å². The number of nitrogens with one attached hydrogen (secondary N) is 2. The van der Waals surface area contributed by atoms with Crippen molar-refractivity contribution >= 4 is 33.0 Å². The van der Waals surface area contributed by atoms with Crippen LogP contribution in [0.25, 0.3) is 5.52 Å². The van der Waals surface area contributed by atoms with E-state index in [4.69, 9.17) is 0 Å². The summed E-state index contributed by atoms with van der Waals surface area (Å²) in [5.41, 5.74) is 2.27. The van der Waals surface area contributed by atoms with Crippen molar-refractivity contribution in [3.05, 3.63) is 54.1 Å². The standard InChI is InChI=1S/C22H26FN5O3S/c1-3-24-22(29)27-11-7-15(8-12-27)17-9-13-28-20(17)6-10-25-21(28)26-19-5-4-16(14-18(19)23)32(2,30)31/h4-6,9-10,13-15H,3,7-8,11-12H2,1-2H3,(H,24,29)(H,25,26). The van der Waals surface area contributed by atoms with Crippen LogP contribution in [-0.2, 0) is 9.84 Å². The van der Waals surface area contributed by atoms with E-state index in [-0.39, 0.29) is 16.6 Å². The van der Waals surface area contributed by atoms with Crippen molar-refractivity contribution in [2.24, 2.45) is 0 Å². The lowest BCUT2D eigenvalue weighted by Crippen LogP contribution is -2.44. The van der Waals surface area contributed by atoms with Crippen LogP contribution in [0.5, 0.6) is 0 Å². The summed E-state index contributed by atoms with van der Waals surface area (Å²) in [6.07, 6.45) is 6.32. The zero-order chi connectivity index (χ0) is 22.9. The molecule has 170 valence electrons. The predicted molar refractivity (Wildman–Crippen MR) is 121 cm³/mol. The molecule has 1 aromatic carbocycles. The molecule has 0 radical (unpaired) electrons. The molecule has 4 rings (SSSR count).